The first kappa shape index (κ1) is 15.1. The zero-order valence-electron chi connectivity index (χ0n) is 11.2. The van der Waals surface area contributed by atoms with Crippen molar-refractivity contribution in [1.82, 2.24) is 10.6 Å². The van der Waals surface area contributed by atoms with E-state index in [9.17, 15) is 19.5 Å². The maximum atomic E-state index is 11.9. The molecule has 0 bridgehead atoms. The molecular weight excluding hydrogens is 292 g/mol. The van der Waals surface area contributed by atoms with Crippen LogP contribution in [-0.4, -0.2) is 24.3 Å². The number of furan rings is 2. The zero-order valence-corrected chi connectivity index (χ0v) is 11.2. The van der Waals surface area contributed by atoms with Crippen LogP contribution in [0, 0.1) is 0 Å². The van der Waals surface area contributed by atoms with Crippen molar-refractivity contribution in [1.29, 1.82) is 0 Å². The Morgan fingerprint density at radius 2 is 1.86 bits per heavy atom. The van der Waals surface area contributed by atoms with E-state index in [0.29, 0.717) is 5.76 Å². The average Bonchev–Trinajstić information content (AvgIpc) is 3.16. The van der Waals surface area contributed by atoms with Crippen LogP contribution in [0.5, 0.6) is 0 Å². The summed E-state index contributed by atoms with van der Waals surface area (Å²) in [6.45, 7) is -0.690. The van der Waals surface area contributed by atoms with E-state index in [1.165, 1.54) is 30.7 Å². The SMILES string of the molecule is O=C([O-])CNC(=O)/C(=C/c1ccco1)NC(=O)c1ccco1. The quantitative estimate of drug-likeness (QED) is 0.694. The van der Waals surface area contributed by atoms with Gasteiger partial charge in [-0.15, -0.1) is 0 Å². The van der Waals surface area contributed by atoms with Gasteiger partial charge in [0.15, 0.2) is 5.76 Å². The molecule has 0 atom stereocenters. The molecule has 2 amide bonds. The van der Waals surface area contributed by atoms with E-state index in [1.807, 2.05) is 0 Å². The predicted octanol–water partition coefficient (Wildman–Crippen LogP) is -0.490. The molecule has 0 aliphatic carbocycles. The van der Waals surface area contributed by atoms with E-state index in [-0.39, 0.29) is 11.5 Å². The van der Waals surface area contributed by atoms with E-state index in [4.69, 9.17) is 8.83 Å². The number of rotatable bonds is 6. The molecule has 0 aliphatic rings. The number of carbonyl (C=O) groups excluding carboxylic acids is 3. The highest BCUT2D eigenvalue weighted by atomic mass is 16.4. The molecule has 8 nitrogen and oxygen atoms in total. The van der Waals surface area contributed by atoms with Gasteiger partial charge in [0.2, 0.25) is 0 Å². The minimum Gasteiger partial charge on any atom is -0.548 e. The number of carbonyl (C=O) groups is 3. The molecule has 0 fully saturated rings. The van der Waals surface area contributed by atoms with Crippen LogP contribution in [0.3, 0.4) is 0 Å². The highest BCUT2D eigenvalue weighted by Gasteiger charge is 2.16. The zero-order chi connectivity index (χ0) is 15.9. The first-order chi connectivity index (χ1) is 10.6. The Balaban J connectivity index is 2.16. The fourth-order valence-corrected chi connectivity index (χ4v) is 1.51. The lowest BCUT2D eigenvalue weighted by molar-refractivity contribution is -0.303. The standard InChI is InChI=1S/C14H12N2O6/c17-12(18)8-15-13(19)10(7-9-3-1-5-21-9)16-14(20)11-4-2-6-22-11/h1-7H,8H2,(H,15,19)(H,16,20)(H,17,18)/p-1/b10-7-. The molecule has 2 rings (SSSR count). The van der Waals surface area contributed by atoms with Gasteiger partial charge < -0.3 is 29.4 Å². The topological polar surface area (TPSA) is 125 Å². The fraction of sp³-hybridized carbons (Fsp3) is 0.0714. The lowest BCUT2D eigenvalue weighted by Gasteiger charge is -2.10. The molecule has 0 saturated carbocycles. The smallest absolute Gasteiger partial charge is 0.291 e. The van der Waals surface area contributed by atoms with Crippen LogP contribution in [0.15, 0.2) is 51.3 Å². The molecule has 8 heteroatoms. The fourth-order valence-electron chi connectivity index (χ4n) is 1.51. The normalized spacial score (nSPS) is 11.0. The van der Waals surface area contributed by atoms with E-state index in [0.717, 1.165) is 0 Å². The van der Waals surface area contributed by atoms with Crippen molar-refractivity contribution >= 4 is 23.9 Å². The second kappa shape index (κ2) is 6.93. The molecule has 0 aliphatic heterocycles. The van der Waals surface area contributed by atoms with Crippen LogP contribution >= 0.6 is 0 Å². The molecule has 0 saturated heterocycles. The maximum absolute atomic E-state index is 11.9. The molecule has 0 spiro atoms. The van der Waals surface area contributed by atoms with Crippen molar-refractivity contribution < 1.29 is 28.3 Å². The predicted molar refractivity (Wildman–Crippen MR) is 70.9 cm³/mol. The van der Waals surface area contributed by atoms with Crippen LogP contribution in [-0.2, 0) is 9.59 Å². The minimum absolute atomic E-state index is 0.00181. The summed E-state index contributed by atoms with van der Waals surface area (Å²) < 4.78 is 9.96. The first-order valence-corrected chi connectivity index (χ1v) is 6.14. The van der Waals surface area contributed by atoms with Crippen LogP contribution in [0.2, 0.25) is 0 Å². The van der Waals surface area contributed by atoms with Crippen LogP contribution < -0.4 is 15.7 Å². The molecule has 2 N–H and O–H groups in total. The third kappa shape index (κ3) is 4.10. The molecule has 2 aromatic rings. The van der Waals surface area contributed by atoms with Crippen molar-refractivity contribution in [2.75, 3.05) is 6.54 Å². The van der Waals surface area contributed by atoms with Gasteiger partial charge in [0.25, 0.3) is 11.8 Å². The summed E-state index contributed by atoms with van der Waals surface area (Å²) in [5, 5.41) is 14.8. The van der Waals surface area contributed by atoms with Gasteiger partial charge in [-0.1, -0.05) is 0 Å². The van der Waals surface area contributed by atoms with Gasteiger partial charge in [-0.3, -0.25) is 9.59 Å². The number of hydrogen-bond acceptors (Lipinski definition) is 6. The van der Waals surface area contributed by atoms with Crippen molar-refractivity contribution in [3.8, 4) is 0 Å². The molecule has 0 aromatic carbocycles. The van der Waals surface area contributed by atoms with E-state index in [1.54, 1.807) is 12.1 Å². The Labute approximate surface area is 124 Å². The minimum atomic E-state index is -1.46. The monoisotopic (exact) mass is 303 g/mol. The summed E-state index contributed by atoms with van der Waals surface area (Å²) in [4.78, 5) is 34.2. The maximum Gasteiger partial charge on any atom is 0.291 e. The van der Waals surface area contributed by atoms with Gasteiger partial charge in [-0.25, -0.2) is 0 Å². The van der Waals surface area contributed by atoms with Gasteiger partial charge in [-0.05, 0) is 24.3 Å². The van der Waals surface area contributed by atoms with Gasteiger partial charge in [0.1, 0.15) is 11.5 Å². The highest BCUT2D eigenvalue weighted by molar-refractivity contribution is 6.04. The Kier molecular flexibility index (Phi) is 4.76. The first-order valence-electron chi connectivity index (χ1n) is 6.14. The highest BCUT2D eigenvalue weighted by Crippen LogP contribution is 2.08. The molecule has 114 valence electrons. The molecule has 2 aromatic heterocycles. The summed E-state index contributed by atoms with van der Waals surface area (Å²) in [6.07, 6.45) is 3.95. The van der Waals surface area contributed by atoms with Crippen molar-refractivity contribution in [2.24, 2.45) is 0 Å². The van der Waals surface area contributed by atoms with Crippen LogP contribution in [0.25, 0.3) is 6.08 Å². The number of carboxylic acids is 1. The van der Waals surface area contributed by atoms with Gasteiger partial charge in [0.05, 0.1) is 25.0 Å². The largest absolute Gasteiger partial charge is 0.548 e. The summed E-state index contributed by atoms with van der Waals surface area (Å²) in [5.74, 6) is -2.62. The van der Waals surface area contributed by atoms with E-state index in [2.05, 4.69) is 10.6 Å². The second-order valence-corrected chi connectivity index (χ2v) is 4.06. The number of aliphatic carboxylic acids is 1. The number of hydrogen-bond donors (Lipinski definition) is 2. The Hall–Kier alpha value is -3.29. The molecule has 2 heterocycles. The summed E-state index contributed by atoms with van der Waals surface area (Å²) in [6, 6.07) is 6.09. The number of amides is 2. The second-order valence-electron chi connectivity index (χ2n) is 4.06. The summed E-state index contributed by atoms with van der Waals surface area (Å²) in [7, 11) is 0. The Morgan fingerprint density at radius 3 is 2.45 bits per heavy atom. The molecule has 22 heavy (non-hydrogen) atoms. The lowest BCUT2D eigenvalue weighted by atomic mass is 10.3. The lowest BCUT2D eigenvalue weighted by Crippen LogP contribution is -2.41. The Morgan fingerprint density at radius 1 is 1.14 bits per heavy atom. The van der Waals surface area contributed by atoms with Gasteiger partial charge >= 0.3 is 0 Å². The number of carboxylic acid groups (broad SMARTS) is 1. The van der Waals surface area contributed by atoms with Gasteiger partial charge in [0, 0.05) is 6.08 Å². The summed E-state index contributed by atoms with van der Waals surface area (Å²) in [5.41, 5.74) is -0.197. The van der Waals surface area contributed by atoms with Crippen molar-refractivity contribution in [2.45, 2.75) is 0 Å². The van der Waals surface area contributed by atoms with Crippen LogP contribution in [0.1, 0.15) is 16.3 Å². The number of nitrogens with one attached hydrogen (secondary N) is 2. The van der Waals surface area contributed by atoms with Crippen LogP contribution in [0.4, 0.5) is 0 Å². The van der Waals surface area contributed by atoms with E-state index >= 15 is 0 Å². The third-order valence-electron chi connectivity index (χ3n) is 2.46. The molecule has 0 radical (unpaired) electrons. The average molecular weight is 303 g/mol. The summed E-state index contributed by atoms with van der Waals surface area (Å²) >= 11 is 0. The van der Waals surface area contributed by atoms with Crippen molar-refractivity contribution in [3.05, 3.63) is 54.0 Å². The molecule has 0 unspecified atom stereocenters. The van der Waals surface area contributed by atoms with Crippen molar-refractivity contribution in [3.63, 3.8) is 0 Å². The van der Waals surface area contributed by atoms with Gasteiger partial charge in [-0.2, -0.15) is 0 Å². The Bertz CT molecular complexity index is 685. The third-order valence-corrected chi connectivity index (χ3v) is 2.46. The van der Waals surface area contributed by atoms with E-state index < -0.39 is 24.3 Å². The molecular formula is C14H11N2O6-.